The lowest BCUT2D eigenvalue weighted by Gasteiger charge is -2.26. The third-order valence-corrected chi connectivity index (χ3v) is 2.87. The van der Waals surface area contributed by atoms with Gasteiger partial charge in [-0.15, -0.1) is 6.58 Å². The number of benzene rings is 1. The quantitative estimate of drug-likeness (QED) is 0.792. The molecule has 21 heavy (non-hydrogen) atoms. The van der Waals surface area contributed by atoms with Gasteiger partial charge in [0.25, 0.3) is 0 Å². The first-order valence-corrected chi connectivity index (χ1v) is 7.14. The van der Waals surface area contributed by atoms with Gasteiger partial charge in [-0.05, 0) is 39.2 Å². The van der Waals surface area contributed by atoms with Gasteiger partial charge in [0.1, 0.15) is 5.60 Å². The molecule has 0 aliphatic rings. The van der Waals surface area contributed by atoms with Gasteiger partial charge in [-0.1, -0.05) is 36.4 Å². The molecule has 1 aromatic rings. The molecule has 0 saturated heterocycles. The molecule has 0 radical (unpaired) electrons. The zero-order valence-electron chi connectivity index (χ0n) is 13.0. The summed E-state index contributed by atoms with van der Waals surface area (Å²) in [5, 5.41) is 12.9. The van der Waals surface area contributed by atoms with E-state index in [-0.39, 0.29) is 0 Å². The highest BCUT2D eigenvalue weighted by Crippen LogP contribution is 2.11. The van der Waals surface area contributed by atoms with E-state index in [4.69, 9.17) is 4.74 Å². The molecule has 0 aliphatic carbocycles. The minimum atomic E-state index is -0.699. The van der Waals surface area contributed by atoms with Crippen LogP contribution in [0.1, 0.15) is 32.8 Å². The molecule has 116 valence electrons. The van der Waals surface area contributed by atoms with E-state index in [1.807, 2.05) is 30.3 Å². The number of alkyl carbamates (subject to hydrolysis) is 1. The lowest BCUT2D eigenvalue weighted by Crippen LogP contribution is -2.46. The number of rotatable bonds is 6. The Morgan fingerprint density at radius 3 is 2.52 bits per heavy atom. The second-order valence-corrected chi connectivity index (χ2v) is 6.03. The molecule has 0 fully saturated rings. The number of aliphatic hydroxyl groups is 1. The monoisotopic (exact) mass is 291 g/mol. The molecule has 2 atom stereocenters. The van der Waals surface area contributed by atoms with Crippen LogP contribution in [-0.2, 0) is 11.2 Å². The van der Waals surface area contributed by atoms with Crippen molar-refractivity contribution in [3.05, 3.63) is 48.6 Å². The van der Waals surface area contributed by atoms with Crippen molar-refractivity contribution < 1.29 is 14.6 Å². The van der Waals surface area contributed by atoms with Gasteiger partial charge >= 0.3 is 6.09 Å². The van der Waals surface area contributed by atoms with Gasteiger partial charge < -0.3 is 15.2 Å². The number of carbonyl (C=O) groups excluding carboxylic acids is 1. The van der Waals surface area contributed by atoms with E-state index >= 15 is 0 Å². The van der Waals surface area contributed by atoms with Crippen molar-refractivity contribution >= 4 is 6.09 Å². The van der Waals surface area contributed by atoms with Crippen molar-refractivity contribution in [3.63, 3.8) is 0 Å². The number of ether oxygens (including phenoxy) is 1. The molecule has 0 aromatic heterocycles. The second kappa shape index (κ2) is 7.84. The van der Waals surface area contributed by atoms with Crippen LogP contribution in [0.4, 0.5) is 4.79 Å². The Bertz CT molecular complexity index is 451. The van der Waals surface area contributed by atoms with Gasteiger partial charge in [0.05, 0.1) is 12.1 Å². The summed E-state index contributed by atoms with van der Waals surface area (Å²) in [6.07, 6.45) is 1.36. The Hall–Kier alpha value is -1.81. The number of carbonyl (C=O) groups is 1. The third kappa shape index (κ3) is 6.95. The van der Waals surface area contributed by atoms with Gasteiger partial charge in [-0.2, -0.15) is 0 Å². The van der Waals surface area contributed by atoms with Crippen molar-refractivity contribution in [2.45, 2.75) is 51.4 Å². The molecule has 0 bridgehead atoms. The van der Waals surface area contributed by atoms with E-state index in [9.17, 15) is 9.90 Å². The Labute approximate surface area is 126 Å². The van der Waals surface area contributed by atoms with Crippen LogP contribution in [0.2, 0.25) is 0 Å². The molecule has 2 unspecified atom stereocenters. The Balaban J connectivity index is 2.73. The second-order valence-electron chi connectivity index (χ2n) is 6.03. The summed E-state index contributed by atoms with van der Waals surface area (Å²) >= 11 is 0. The maximum atomic E-state index is 11.9. The first-order chi connectivity index (χ1) is 9.81. The number of aliphatic hydroxyl groups excluding tert-OH is 1. The zero-order valence-corrected chi connectivity index (χ0v) is 13.0. The Morgan fingerprint density at radius 1 is 1.38 bits per heavy atom. The molecule has 4 heteroatoms. The van der Waals surface area contributed by atoms with Crippen LogP contribution in [0.25, 0.3) is 0 Å². The summed E-state index contributed by atoms with van der Waals surface area (Å²) in [4.78, 5) is 11.9. The van der Waals surface area contributed by atoms with Crippen molar-refractivity contribution in [2.24, 2.45) is 0 Å². The van der Waals surface area contributed by atoms with Crippen LogP contribution in [0.15, 0.2) is 43.0 Å². The van der Waals surface area contributed by atoms with E-state index < -0.39 is 23.8 Å². The fraction of sp³-hybridized carbons (Fsp3) is 0.471. The highest BCUT2D eigenvalue weighted by molar-refractivity contribution is 5.68. The number of hydrogen-bond acceptors (Lipinski definition) is 3. The van der Waals surface area contributed by atoms with Gasteiger partial charge in [-0.3, -0.25) is 0 Å². The summed E-state index contributed by atoms with van der Waals surface area (Å²) in [6, 6.07) is 9.30. The summed E-state index contributed by atoms with van der Waals surface area (Å²) in [7, 11) is 0. The average Bonchev–Trinajstić information content (AvgIpc) is 2.37. The molecule has 1 aromatic carbocycles. The highest BCUT2D eigenvalue weighted by atomic mass is 16.6. The van der Waals surface area contributed by atoms with Crippen LogP contribution < -0.4 is 5.32 Å². The van der Waals surface area contributed by atoms with Crippen molar-refractivity contribution in [1.82, 2.24) is 5.32 Å². The molecular formula is C17H25NO3. The van der Waals surface area contributed by atoms with Crippen LogP contribution >= 0.6 is 0 Å². The summed E-state index contributed by atoms with van der Waals surface area (Å²) in [5.74, 6) is 0. The maximum absolute atomic E-state index is 11.9. The van der Waals surface area contributed by atoms with Crippen LogP contribution in [0.5, 0.6) is 0 Å². The van der Waals surface area contributed by atoms with Crippen LogP contribution in [0, 0.1) is 0 Å². The first-order valence-electron chi connectivity index (χ1n) is 7.14. The first kappa shape index (κ1) is 17.2. The number of amides is 1. The minimum absolute atomic E-state index is 0.410. The molecule has 2 N–H and O–H groups in total. The Kier molecular flexibility index (Phi) is 6.43. The molecule has 0 saturated carbocycles. The Morgan fingerprint density at radius 2 is 2.00 bits per heavy atom. The van der Waals surface area contributed by atoms with E-state index in [0.29, 0.717) is 12.8 Å². The standard InChI is InChI=1S/C17H25NO3/c1-5-9-15(19)14(12-13-10-7-6-8-11-13)18-16(20)21-17(2,3)4/h5-8,10-11,14-15,19H,1,9,12H2,2-4H3,(H,18,20). The molecule has 1 amide bonds. The molecule has 0 spiro atoms. The lowest BCUT2D eigenvalue weighted by molar-refractivity contribution is 0.0425. The molecule has 1 rings (SSSR count). The van der Waals surface area contributed by atoms with Crippen molar-refractivity contribution in [3.8, 4) is 0 Å². The van der Waals surface area contributed by atoms with Crippen LogP contribution in [-0.4, -0.2) is 28.9 Å². The third-order valence-electron chi connectivity index (χ3n) is 2.87. The summed E-state index contributed by atoms with van der Waals surface area (Å²) in [5.41, 5.74) is 0.479. The zero-order chi connectivity index (χ0) is 15.9. The maximum Gasteiger partial charge on any atom is 0.407 e. The largest absolute Gasteiger partial charge is 0.444 e. The van der Waals surface area contributed by atoms with Gasteiger partial charge in [0, 0.05) is 0 Å². The molecule has 4 nitrogen and oxygen atoms in total. The van der Waals surface area contributed by atoms with E-state index in [2.05, 4.69) is 11.9 Å². The minimum Gasteiger partial charge on any atom is -0.444 e. The highest BCUT2D eigenvalue weighted by Gasteiger charge is 2.24. The van der Waals surface area contributed by atoms with E-state index in [0.717, 1.165) is 5.56 Å². The van der Waals surface area contributed by atoms with Gasteiger partial charge in [0.2, 0.25) is 0 Å². The SMILES string of the molecule is C=CCC(O)C(Cc1ccccc1)NC(=O)OC(C)(C)C. The fourth-order valence-electron chi connectivity index (χ4n) is 1.95. The predicted octanol–water partition coefficient (Wildman–Crippen LogP) is 3.06. The lowest BCUT2D eigenvalue weighted by atomic mass is 9.99. The topological polar surface area (TPSA) is 58.6 Å². The molecular weight excluding hydrogens is 266 g/mol. The smallest absolute Gasteiger partial charge is 0.407 e. The van der Waals surface area contributed by atoms with E-state index in [1.165, 1.54) is 0 Å². The van der Waals surface area contributed by atoms with Crippen LogP contribution in [0.3, 0.4) is 0 Å². The molecule has 0 heterocycles. The molecule has 0 aliphatic heterocycles. The summed E-state index contributed by atoms with van der Waals surface area (Å²) < 4.78 is 5.25. The fourth-order valence-corrected chi connectivity index (χ4v) is 1.95. The number of hydrogen-bond donors (Lipinski definition) is 2. The van der Waals surface area contributed by atoms with E-state index in [1.54, 1.807) is 26.8 Å². The average molecular weight is 291 g/mol. The normalized spacial score (nSPS) is 14.1. The number of nitrogens with one attached hydrogen (secondary N) is 1. The van der Waals surface area contributed by atoms with Gasteiger partial charge in [0.15, 0.2) is 0 Å². The van der Waals surface area contributed by atoms with Crippen molar-refractivity contribution in [1.29, 1.82) is 0 Å². The predicted molar refractivity (Wildman–Crippen MR) is 84.1 cm³/mol. The van der Waals surface area contributed by atoms with Gasteiger partial charge in [-0.25, -0.2) is 4.79 Å². The van der Waals surface area contributed by atoms with Crippen molar-refractivity contribution in [2.75, 3.05) is 0 Å². The summed E-state index contributed by atoms with van der Waals surface area (Å²) in [6.45, 7) is 9.04.